The summed E-state index contributed by atoms with van der Waals surface area (Å²) >= 11 is 4.75. The molecule has 1 saturated carbocycles. The number of aromatic nitrogens is 1. The third-order valence-electron chi connectivity index (χ3n) is 2.84. The summed E-state index contributed by atoms with van der Waals surface area (Å²) in [6, 6.07) is 2.97. The van der Waals surface area contributed by atoms with Gasteiger partial charge >= 0.3 is 0 Å². The van der Waals surface area contributed by atoms with Crippen molar-refractivity contribution in [1.29, 1.82) is 0 Å². The molecule has 0 aliphatic heterocycles. The maximum Gasteiger partial charge on any atom is 0.242 e. The Labute approximate surface area is 112 Å². The molecule has 2 rings (SSSR count). The molecule has 18 heavy (non-hydrogen) atoms. The smallest absolute Gasteiger partial charge is 0.242 e. The highest BCUT2D eigenvalue weighted by atomic mass is 32.2. The average Bonchev–Trinajstić information content (AvgIpc) is 3.13. The number of nitrogens with zero attached hydrogens (tertiary/aromatic N) is 1. The van der Waals surface area contributed by atoms with E-state index in [1.54, 1.807) is 0 Å². The predicted octanol–water partition coefficient (Wildman–Crippen LogP) is 0.794. The van der Waals surface area contributed by atoms with Gasteiger partial charge in [-0.1, -0.05) is 25.1 Å². The lowest BCUT2D eigenvalue weighted by Gasteiger charge is -2.06. The zero-order chi connectivity index (χ0) is 13.2. The number of nitrogens with two attached hydrogens (primary N) is 1. The van der Waals surface area contributed by atoms with Gasteiger partial charge in [-0.05, 0) is 24.5 Å². The molecule has 1 aromatic rings. The molecule has 0 aromatic carbocycles. The van der Waals surface area contributed by atoms with Crippen molar-refractivity contribution in [3.05, 3.63) is 24.0 Å². The number of sulfonamides is 1. The molecule has 0 radical (unpaired) electrons. The molecule has 98 valence electrons. The third kappa shape index (κ3) is 3.47. The fourth-order valence-corrected chi connectivity index (χ4v) is 2.68. The molecule has 1 fully saturated rings. The van der Waals surface area contributed by atoms with Crippen LogP contribution in [0.2, 0.25) is 0 Å². The van der Waals surface area contributed by atoms with Gasteiger partial charge in [0.25, 0.3) is 0 Å². The Morgan fingerprint density at radius 3 is 2.72 bits per heavy atom. The topological polar surface area (TPSA) is 85.1 Å². The minimum Gasteiger partial charge on any atom is -0.388 e. The van der Waals surface area contributed by atoms with Crippen LogP contribution in [0.5, 0.6) is 0 Å². The molecule has 0 saturated heterocycles. The van der Waals surface area contributed by atoms with Crippen LogP contribution in [0.3, 0.4) is 0 Å². The first-order valence-electron chi connectivity index (χ1n) is 5.74. The molecular formula is C11H15N3O2S2. The van der Waals surface area contributed by atoms with E-state index in [-0.39, 0.29) is 9.88 Å². The fraction of sp³-hybridized carbons (Fsp3) is 0.455. The van der Waals surface area contributed by atoms with E-state index in [0.29, 0.717) is 18.2 Å². The second kappa shape index (κ2) is 5.29. The van der Waals surface area contributed by atoms with E-state index < -0.39 is 10.0 Å². The zero-order valence-corrected chi connectivity index (χ0v) is 11.4. The van der Waals surface area contributed by atoms with Gasteiger partial charge in [-0.25, -0.2) is 13.1 Å². The van der Waals surface area contributed by atoms with Crippen molar-refractivity contribution in [2.24, 2.45) is 11.7 Å². The van der Waals surface area contributed by atoms with Crippen molar-refractivity contribution in [1.82, 2.24) is 9.71 Å². The van der Waals surface area contributed by atoms with Gasteiger partial charge in [-0.15, -0.1) is 0 Å². The Kier molecular flexibility index (Phi) is 3.94. The summed E-state index contributed by atoms with van der Waals surface area (Å²) in [5.74, 6) is 0.697. The van der Waals surface area contributed by atoms with E-state index in [4.69, 9.17) is 18.0 Å². The number of hydrogen-bond acceptors (Lipinski definition) is 4. The van der Waals surface area contributed by atoms with E-state index >= 15 is 0 Å². The molecule has 1 heterocycles. The number of rotatable bonds is 6. The molecule has 7 heteroatoms. The molecule has 3 N–H and O–H groups in total. The van der Waals surface area contributed by atoms with Crippen LogP contribution in [0.25, 0.3) is 0 Å². The van der Waals surface area contributed by atoms with Crippen molar-refractivity contribution in [3.8, 4) is 0 Å². The van der Waals surface area contributed by atoms with Gasteiger partial charge in [-0.3, -0.25) is 4.98 Å². The van der Waals surface area contributed by atoms with Gasteiger partial charge < -0.3 is 5.73 Å². The highest BCUT2D eigenvalue weighted by molar-refractivity contribution is 7.89. The molecular weight excluding hydrogens is 270 g/mol. The van der Waals surface area contributed by atoms with Crippen LogP contribution in [0.1, 0.15) is 25.0 Å². The van der Waals surface area contributed by atoms with E-state index in [9.17, 15) is 8.42 Å². The Morgan fingerprint density at radius 2 is 2.22 bits per heavy atom. The first kappa shape index (κ1) is 13.4. The zero-order valence-electron chi connectivity index (χ0n) is 9.80. The number of pyridine rings is 1. The Bertz CT molecular complexity index is 536. The fourth-order valence-electron chi connectivity index (χ4n) is 1.57. The van der Waals surface area contributed by atoms with Gasteiger partial charge in [0.15, 0.2) is 0 Å². The highest BCUT2D eigenvalue weighted by Gasteiger charge is 2.22. The molecule has 0 spiro atoms. The number of hydrogen-bond donors (Lipinski definition) is 2. The first-order chi connectivity index (χ1) is 8.49. The van der Waals surface area contributed by atoms with E-state index in [1.807, 2.05) is 0 Å². The first-order valence-corrected chi connectivity index (χ1v) is 7.64. The summed E-state index contributed by atoms with van der Waals surface area (Å²) in [7, 11) is -3.47. The average molecular weight is 285 g/mol. The number of nitrogens with one attached hydrogen (secondary N) is 1. The van der Waals surface area contributed by atoms with Crippen molar-refractivity contribution in [2.45, 2.75) is 24.2 Å². The van der Waals surface area contributed by atoms with Crippen LogP contribution in [-0.4, -0.2) is 24.9 Å². The van der Waals surface area contributed by atoms with Crippen LogP contribution in [-0.2, 0) is 10.0 Å². The monoisotopic (exact) mass is 285 g/mol. The summed E-state index contributed by atoms with van der Waals surface area (Å²) in [6.07, 6.45) is 4.60. The normalized spacial score (nSPS) is 15.6. The minimum atomic E-state index is -3.47. The van der Waals surface area contributed by atoms with Gasteiger partial charge in [0, 0.05) is 12.7 Å². The summed E-state index contributed by atoms with van der Waals surface area (Å²) < 4.78 is 26.4. The van der Waals surface area contributed by atoms with Crippen molar-refractivity contribution >= 4 is 27.2 Å². The van der Waals surface area contributed by atoms with Gasteiger partial charge in [-0.2, -0.15) is 0 Å². The molecule has 5 nitrogen and oxygen atoms in total. The molecule has 0 amide bonds. The van der Waals surface area contributed by atoms with Gasteiger partial charge in [0.05, 0.1) is 5.69 Å². The lowest BCUT2D eigenvalue weighted by molar-refractivity contribution is 0.575. The lowest BCUT2D eigenvalue weighted by Crippen LogP contribution is -2.25. The Balaban J connectivity index is 2.01. The van der Waals surface area contributed by atoms with Crippen LogP contribution in [0.4, 0.5) is 0 Å². The summed E-state index contributed by atoms with van der Waals surface area (Å²) in [5.41, 5.74) is 5.82. The van der Waals surface area contributed by atoms with Crippen molar-refractivity contribution in [3.63, 3.8) is 0 Å². The van der Waals surface area contributed by atoms with Crippen molar-refractivity contribution < 1.29 is 8.42 Å². The maximum atomic E-state index is 11.9. The molecule has 1 aromatic heterocycles. The third-order valence-corrected chi connectivity index (χ3v) is 4.50. The second-order valence-electron chi connectivity index (χ2n) is 4.37. The largest absolute Gasteiger partial charge is 0.388 e. The standard InChI is InChI=1S/C11H15N3O2S2/c12-11(17)10-4-3-9(7-13-10)18(15,16)14-6-5-8-1-2-8/h3-4,7-8,14H,1-2,5-6H2,(H2,12,17). The van der Waals surface area contributed by atoms with Crippen molar-refractivity contribution in [2.75, 3.05) is 6.54 Å². The van der Waals surface area contributed by atoms with Crippen LogP contribution < -0.4 is 10.5 Å². The maximum absolute atomic E-state index is 11.9. The molecule has 0 bridgehead atoms. The van der Waals surface area contributed by atoms with Crippen LogP contribution in [0, 0.1) is 5.92 Å². The molecule has 0 unspecified atom stereocenters. The van der Waals surface area contributed by atoms with E-state index in [2.05, 4.69) is 9.71 Å². The Morgan fingerprint density at radius 1 is 1.50 bits per heavy atom. The lowest BCUT2D eigenvalue weighted by atomic mass is 10.3. The second-order valence-corrected chi connectivity index (χ2v) is 6.58. The molecule has 1 aliphatic rings. The van der Waals surface area contributed by atoms with Gasteiger partial charge in [0.1, 0.15) is 9.88 Å². The van der Waals surface area contributed by atoms with Crippen LogP contribution >= 0.6 is 12.2 Å². The van der Waals surface area contributed by atoms with Gasteiger partial charge in [0.2, 0.25) is 10.0 Å². The summed E-state index contributed by atoms with van der Waals surface area (Å²) in [6.45, 7) is 0.476. The predicted molar refractivity (Wildman–Crippen MR) is 72.7 cm³/mol. The summed E-state index contributed by atoms with van der Waals surface area (Å²) in [4.78, 5) is 4.21. The SMILES string of the molecule is NC(=S)c1ccc(S(=O)(=O)NCCC2CC2)cn1. The Hall–Kier alpha value is -1.05. The van der Waals surface area contributed by atoms with E-state index in [1.165, 1.54) is 31.2 Å². The highest BCUT2D eigenvalue weighted by Crippen LogP contribution is 2.31. The minimum absolute atomic E-state index is 0.137. The quantitative estimate of drug-likeness (QED) is 0.755. The summed E-state index contributed by atoms with van der Waals surface area (Å²) in [5, 5.41) is 0. The number of thiocarbonyl (C=S) groups is 1. The molecule has 0 atom stereocenters. The van der Waals surface area contributed by atoms with Crippen LogP contribution in [0.15, 0.2) is 23.2 Å². The van der Waals surface area contributed by atoms with E-state index in [0.717, 1.165) is 6.42 Å². The molecule has 1 aliphatic carbocycles.